The molecule has 2 atom stereocenters. The third-order valence-electron chi connectivity index (χ3n) is 4.39. The lowest BCUT2D eigenvalue weighted by atomic mass is 9.83. The van der Waals surface area contributed by atoms with Crippen molar-refractivity contribution < 1.29 is 9.47 Å². The average molecular weight is 280 g/mol. The predicted molar refractivity (Wildman–Crippen MR) is 83.7 cm³/mol. The van der Waals surface area contributed by atoms with Gasteiger partial charge in [0.25, 0.3) is 0 Å². The maximum Gasteiger partial charge on any atom is 0.161 e. The second-order valence-electron chi connectivity index (χ2n) is 5.44. The lowest BCUT2D eigenvalue weighted by Gasteiger charge is -2.43. The van der Waals surface area contributed by atoms with Crippen molar-refractivity contribution >= 4 is 0 Å². The van der Waals surface area contributed by atoms with E-state index in [9.17, 15) is 0 Å². The summed E-state index contributed by atoms with van der Waals surface area (Å²) in [5.41, 5.74) is 1.22. The van der Waals surface area contributed by atoms with Gasteiger partial charge in [-0.3, -0.25) is 0 Å². The Morgan fingerprint density at radius 1 is 1.20 bits per heavy atom. The molecular weight excluding hydrogens is 252 g/mol. The number of nitrogens with zero attached hydrogens (tertiary/aromatic N) is 1. The molecule has 0 radical (unpaired) electrons. The minimum absolute atomic E-state index is 0.0222. The van der Waals surface area contributed by atoms with Crippen LogP contribution in [-0.2, 0) is 0 Å². The molecule has 0 amide bonds. The van der Waals surface area contributed by atoms with E-state index in [1.807, 2.05) is 13.1 Å². The summed E-state index contributed by atoms with van der Waals surface area (Å²) in [7, 11) is 9.56. The number of nitrogens with one attached hydrogen (secondary N) is 1. The van der Waals surface area contributed by atoms with Crippen LogP contribution in [0.15, 0.2) is 18.2 Å². The van der Waals surface area contributed by atoms with Gasteiger partial charge in [0.2, 0.25) is 0 Å². The van der Waals surface area contributed by atoms with Crippen LogP contribution in [0.1, 0.15) is 31.9 Å². The van der Waals surface area contributed by atoms with Crippen LogP contribution in [0.2, 0.25) is 0 Å². The van der Waals surface area contributed by atoms with Crippen molar-refractivity contribution in [2.75, 3.05) is 35.4 Å². The Balaban J connectivity index is 3.25. The number of rotatable bonds is 7. The van der Waals surface area contributed by atoms with Crippen molar-refractivity contribution in [3.05, 3.63) is 23.8 Å². The van der Waals surface area contributed by atoms with E-state index in [0.29, 0.717) is 0 Å². The van der Waals surface area contributed by atoms with Crippen molar-refractivity contribution in [1.82, 2.24) is 10.2 Å². The molecule has 0 spiro atoms. The summed E-state index contributed by atoms with van der Waals surface area (Å²) >= 11 is 0. The summed E-state index contributed by atoms with van der Waals surface area (Å²) in [6.45, 7) is 4.48. The molecule has 0 saturated heterocycles. The number of methoxy groups -OCH3 is 2. The highest BCUT2D eigenvalue weighted by molar-refractivity contribution is 5.44. The fourth-order valence-corrected chi connectivity index (χ4v) is 2.65. The monoisotopic (exact) mass is 280 g/mol. The molecule has 0 aliphatic carbocycles. The molecule has 0 aliphatic rings. The lowest BCUT2D eigenvalue weighted by Crippen LogP contribution is -2.50. The number of likely N-dealkylation sites (N-methyl/N-ethyl adjacent to an activating group) is 2. The molecule has 0 aromatic heterocycles. The van der Waals surface area contributed by atoms with Gasteiger partial charge in [-0.25, -0.2) is 0 Å². The fourth-order valence-electron chi connectivity index (χ4n) is 2.65. The first kappa shape index (κ1) is 16.8. The van der Waals surface area contributed by atoms with Crippen LogP contribution >= 0.6 is 0 Å². The van der Waals surface area contributed by atoms with Crippen molar-refractivity contribution in [1.29, 1.82) is 0 Å². The molecule has 4 nitrogen and oxygen atoms in total. The molecule has 0 fully saturated rings. The van der Waals surface area contributed by atoms with E-state index in [0.717, 1.165) is 17.9 Å². The van der Waals surface area contributed by atoms with Crippen LogP contribution in [0.4, 0.5) is 0 Å². The summed E-state index contributed by atoms with van der Waals surface area (Å²) in [5, 5.41) is 3.44. The largest absolute Gasteiger partial charge is 0.493 e. The molecule has 0 saturated carbocycles. The van der Waals surface area contributed by atoms with E-state index in [4.69, 9.17) is 9.47 Å². The molecular formula is C16H28N2O2. The van der Waals surface area contributed by atoms with Gasteiger partial charge < -0.3 is 19.7 Å². The second kappa shape index (κ2) is 6.95. The van der Waals surface area contributed by atoms with Gasteiger partial charge >= 0.3 is 0 Å². The Morgan fingerprint density at radius 3 is 2.20 bits per heavy atom. The Bertz CT molecular complexity index is 434. The van der Waals surface area contributed by atoms with Gasteiger partial charge in [-0.1, -0.05) is 13.0 Å². The zero-order valence-corrected chi connectivity index (χ0v) is 13.8. The van der Waals surface area contributed by atoms with Gasteiger partial charge in [0.05, 0.1) is 20.3 Å². The molecule has 1 aromatic rings. The maximum absolute atomic E-state index is 5.41. The van der Waals surface area contributed by atoms with Crippen LogP contribution < -0.4 is 14.8 Å². The zero-order chi connectivity index (χ0) is 15.3. The van der Waals surface area contributed by atoms with Crippen molar-refractivity contribution in [2.24, 2.45) is 0 Å². The normalized spacial score (nSPS) is 15.8. The molecule has 114 valence electrons. The Kier molecular flexibility index (Phi) is 5.84. The van der Waals surface area contributed by atoms with E-state index < -0.39 is 0 Å². The van der Waals surface area contributed by atoms with Gasteiger partial charge in [-0.15, -0.1) is 0 Å². The standard InChI is InChI=1S/C16H28N2O2/c1-8-16(2,18(4)5)15(17-3)12-9-10-13(19-6)14(11-12)20-7/h9-11,15,17H,8H2,1-7H3. The lowest BCUT2D eigenvalue weighted by molar-refractivity contribution is 0.117. The third kappa shape index (κ3) is 3.07. The summed E-state index contributed by atoms with van der Waals surface area (Å²) in [4.78, 5) is 2.27. The van der Waals surface area contributed by atoms with Crippen LogP contribution in [0, 0.1) is 0 Å². The fraction of sp³-hybridized carbons (Fsp3) is 0.625. The first-order valence-corrected chi connectivity index (χ1v) is 7.01. The maximum atomic E-state index is 5.41. The third-order valence-corrected chi connectivity index (χ3v) is 4.39. The topological polar surface area (TPSA) is 33.7 Å². The first-order chi connectivity index (χ1) is 9.44. The number of hydrogen-bond donors (Lipinski definition) is 1. The van der Waals surface area contributed by atoms with Crippen LogP contribution in [0.3, 0.4) is 0 Å². The molecule has 1 N–H and O–H groups in total. The van der Waals surface area contributed by atoms with Crippen molar-refractivity contribution in [3.8, 4) is 11.5 Å². The molecule has 20 heavy (non-hydrogen) atoms. The summed E-state index contributed by atoms with van der Waals surface area (Å²) < 4.78 is 10.7. The number of benzene rings is 1. The van der Waals surface area contributed by atoms with Crippen LogP contribution in [-0.4, -0.2) is 45.8 Å². The Hall–Kier alpha value is -1.26. The van der Waals surface area contributed by atoms with Crippen LogP contribution in [0.5, 0.6) is 11.5 Å². The second-order valence-corrected chi connectivity index (χ2v) is 5.44. The number of ether oxygens (including phenoxy) is 2. The van der Waals surface area contributed by atoms with Gasteiger partial charge in [-0.05, 0) is 52.2 Å². The van der Waals surface area contributed by atoms with Gasteiger partial charge in [0, 0.05) is 5.54 Å². The molecule has 2 unspecified atom stereocenters. The van der Waals surface area contributed by atoms with E-state index in [-0.39, 0.29) is 11.6 Å². The zero-order valence-electron chi connectivity index (χ0n) is 13.8. The number of hydrogen-bond acceptors (Lipinski definition) is 4. The highest BCUT2D eigenvalue weighted by Crippen LogP contribution is 2.36. The minimum Gasteiger partial charge on any atom is -0.493 e. The van der Waals surface area contributed by atoms with E-state index >= 15 is 0 Å². The molecule has 0 heterocycles. The molecule has 0 aliphatic heterocycles. The van der Waals surface area contributed by atoms with Crippen molar-refractivity contribution in [2.45, 2.75) is 31.8 Å². The van der Waals surface area contributed by atoms with E-state index in [1.54, 1.807) is 14.2 Å². The molecule has 0 bridgehead atoms. The summed E-state index contributed by atoms with van der Waals surface area (Å²) in [6, 6.07) is 6.32. The highest BCUT2D eigenvalue weighted by Gasteiger charge is 2.35. The van der Waals surface area contributed by atoms with Crippen LogP contribution in [0.25, 0.3) is 0 Å². The highest BCUT2D eigenvalue weighted by atomic mass is 16.5. The molecule has 4 heteroatoms. The predicted octanol–water partition coefficient (Wildman–Crippen LogP) is 2.69. The minimum atomic E-state index is 0.0222. The summed E-state index contributed by atoms with van der Waals surface area (Å²) in [5.74, 6) is 1.52. The Labute approximate surface area is 123 Å². The molecule has 1 aromatic carbocycles. The average Bonchev–Trinajstić information content (AvgIpc) is 2.47. The Morgan fingerprint density at radius 2 is 1.80 bits per heavy atom. The quantitative estimate of drug-likeness (QED) is 0.832. The van der Waals surface area contributed by atoms with E-state index in [1.165, 1.54) is 5.56 Å². The van der Waals surface area contributed by atoms with Gasteiger partial charge in [0.1, 0.15) is 0 Å². The molecule has 1 rings (SSSR count). The SMILES string of the molecule is CCC(C)(C(NC)c1ccc(OC)c(OC)c1)N(C)C. The van der Waals surface area contributed by atoms with E-state index in [2.05, 4.69) is 50.3 Å². The van der Waals surface area contributed by atoms with Crippen molar-refractivity contribution in [3.63, 3.8) is 0 Å². The van der Waals surface area contributed by atoms with Gasteiger partial charge in [0.15, 0.2) is 11.5 Å². The summed E-state index contributed by atoms with van der Waals surface area (Å²) in [6.07, 6.45) is 1.04. The first-order valence-electron chi connectivity index (χ1n) is 7.01. The smallest absolute Gasteiger partial charge is 0.161 e. The van der Waals surface area contributed by atoms with Gasteiger partial charge in [-0.2, -0.15) is 0 Å².